The normalized spacial score (nSPS) is 19.7. The summed E-state index contributed by atoms with van der Waals surface area (Å²) in [5.74, 6) is -0.373. The smallest absolute Gasteiger partial charge is 0.395 e. The van der Waals surface area contributed by atoms with Gasteiger partial charge in [0.2, 0.25) is 6.39 Å². The Morgan fingerprint density at radius 2 is 2.25 bits per heavy atom. The summed E-state index contributed by atoms with van der Waals surface area (Å²) in [6, 6.07) is 0.157. The van der Waals surface area contributed by atoms with Crippen LogP contribution >= 0.6 is 0 Å². The molecule has 5 nitrogen and oxygen atoms in total. The van der Waals surface area contributed by atoms with E-state index in [1.54, 1.807) is 0 Å². The third-order valence-electron chi connectivity index (χ3n) is 2.05. The molecular weight excluding hydrogens is 160 g/mol. The highest BCUT2D eigenvalue weighted by Crippen LogP contribution is 2.17. The molecule has 5 heteroatoms. The summed E-state index contributed by atoms with van der Waals surface area (Å²) in [6.07, 6.45) is 2.86. The maximum Gasteiger partial charge on any atom is 0.437 e. The molecule has 1 aromatic heterocycles. The third kappa shape index (κ3) is 1.27. The van der Waals surface area contributed by atoms with Crippen LogP contribution in [-0.2, 0) is 4.74 Å². The molecule has 0 amide bonds. The second-order valence-electron chi connectivity index (χ2n) is 2.79. The van der Waals surface area contributed by atoms with Gasteiger partial charge in [-0.15, -0.1) is 5.10 Å². The molecule has 0 bridgehead atoms. The van der Waals surface area contributed by atoms with Gasteiger partial charge in [-0.1, -0.05) is 0 Å². The molecule has 0 N–H and O–H groups in total. The van der Waals surface area contributed by atoms with Crippen LogP contribution in [0.4, 0.5) is 0 Å². The molecule has 0 unspecified atom stereocenters. The molecule has 12 heavy (non-hydrogen) atoms. The summed E-state index contributed by atoms with van der Waals surface area (Å²) in [5.41, 5.74) is 0. The molecule has 1 aliphatic heterocycles. The highest BCUT2D eigenvalue weighted by atomic mass is 16.5. The van der Waals surface area contributed by atoms with Crippen molar-refractivity contribution in [1.82, 2.24) is 9.78 Å². The summed E-state index contributed by atoms with van der Waals surface area (Å²) < 4.78 is 11.1. The molecule has 2 rings (SSSR count). The molecule has 1 fully saturated rings. The van der Waals surface area contributed by atoms with Gasteiger partial charge in [0.05, 0.1) is 6.04 Å². The summed E-state index contributed by atoms with van der Waals surface area (Å²) in [4.78, 5) is 11.0. The van der Waals surface area contributed by atoms with Crippen LogP contribution in [0.15, 0.2) is 15.6 Å². The van der Waals surface area contributed by atoms with E-state index >= 15 is 0 Å². The quantitative estimate of drug-likeness (QED) is 0.603. The molecule has 0 saturated carbocycles. The summed E-state index contributed by atoms with van der Waals surface area (Å²) in [7, 11) is 0. The molecule has 66 valence electrons. The van der Waals surface area contributed by atoms with Gasteiger partial charge < -0.3 is 9.15 Å². The van der Waals surface area contributed by atoms with E-state index in [0.717, 1.165) is 12.8 Å². The second kappa shape index (κ2) is 3.10. The molecule has 0 spiro atoms. The van der Waals surface area contributed by atoms with E-state index in [1.165, 1.54) is 11.1 Å². The summed E-state index contributed by atoms with van der Waals surface area (Å²) in [5, 5.41) is 3.82. The van der Waals surface area contributed by atoms with Crippen molar-refractivity contribution in [3.8, 4) is 0 Å². The first-order chi connectivity index (χ1) is 5.88. The highest BCUT2D eigenvalue weighted by Gasteiger charge is 2.18. The number of nitrogens with zero attached hydrogens (tertiary/aromatic N) is 2. The highest BCUT2D eigenvalue weighted by molar-refractivity contribution is 4.69. The third-order valence-corrected chi connectivity index (χ3v) is 2.05. The maximum absolute atomic E-state index is 11.0. The first-order valence-corrected chi connectivity index (χ1v) is 3.98. The van der Waals surface area contributed by atoms with Crippen LogP contribution in [0.25, 0.3) is 0 Å². The van der Waals surface area contributed by atoms with Gasteiger partial charge in [-0.3, -0.25) is 0 Å². The van der Waals surface area contributed by atoms with Crippen LogP contribution < -0.4 is 5.76 Å². The molecule has 1 aliphatic rings. The molecular formula is C7H10N2O3. The number of hydrogen-bond acceptors (Lipinski definition) is 4. The van der Waals surface area contributed by atoms with Gasteiger partial charge in [-0.25, -0.2) is 4.79 Å². The van der Waals surface area contributed by atoms with Crippen LogP contribution in [0, 0.1) is 0 Å². The van der Waals surface area contributed by atoms with Crippen LogP contribution in [-0.4, -0.2) is 23.0 Å². The lowest BCUT2D eigenvalue weighted by Gasteiger charge is -2.20. The summed E-state index contributed by atoms with van der Waals surface area (Å²) in [6.45, 7) is 1.40. The zero-order valence-corrected chi connectivity index (χ0v) is 6.60. The van der Waals surface area contributed by atoms with E-state index in [1.807, 2.05) is 0 Å². The lowest BCUT2D eigenvalue weighted by Crippen LogP contribution is -2.27. The Labute approximate surface area is 68.9 Å². The minimum atomic E-state index is -0.373. The van der Waals surface area contributed by atoms with Gasteiger partial charge in [0.25, 0.3) is 0 Å². The monoisotopic (exact) mass is 170 g/mol. The zero-order valence-electron chi connectivity index (χ0n) is 6.60. The SMILES string of the molecule is O=c1ocnn1C1CCOCC1. The van der Waals surface area contributed by atoms with Gasteiger partial charge in [0.15, 0.2) is 0 Å². The van der Waals surface area contributed by atoms with Gasteiger partial charge in [0.1, 0.15) is 0 Å². The largest absolute Gasteiger partial charge is 0.437 e. The fourth-order valence-electron chi connectivity index (χ4n) is 1.39. The van der Waals surface area contributed by atoms with E-state index in [0.29, 0.717) is 13.2 Å². The van der Waals surface area contributed by atoms with Crippen LogP contribution in [0.2, 0.25) is 0 Å². The van der Waals surface area contributed by atoms with Crippen LogP contribution in [0.5, 0.6) is 0 Å². The predicted molar refractivity (Wildman–Crippen MR) is 39.9 cm³/mol. The molecule has 1 aromatic rings. The predicted octanol–water partition coefficient (Wildman–Crippen LogP) is 0.188. The Morgan fingerprint density at radius 1 is 1.50 bits per heavy atom. The standard InChI is InChI=1S/C7H10N2O3/c10-7-9(8-5-12-7)6-1-3-11-4-2-6/h5-6H,1-4H2. The summed E-state index contributed by atoms with van der Waals surface area (Å²) >= 11 is 0. The zero-order chi connectivity index (χ0) is 8.39. The van der Waals surface area contributed by atoms with Crippen molar-refractivity contribution < 1.29 is 9.15 Å². The van der Waals surface area contributed by atoms with Crippen molar-refractivity contribution >= 4 is 0 Å². The minimum Gasteiger partial charge on any atom is -0.395 e. The van der Waals surface area contributed by atoms with E-state index in [2.05, 4.69) is 9.52 Å². The number of aromatic nitrogens is 2. The molecule has 0 aromatic carbocycles. The van der Waals surface area contributed by atoms with Crippen LogP contribution in [0.3, 0.4) is 0 Å². The molecule has 1 saturated heterocycles. The Balaban J connectivity index is 2.18. The van der Waals surface area contributed by atoms with Gasteiger partial charge in [-0.2, -0.15) is 4.68 Å². The first-order valence-electron chi connectivity index (χ1n) is 3.98. The molecule has 2 heterocycles. The van der Waals surface area contributed by atoms with Crippen molar-refractivity contribution in [1.29, 1.82) is 0 Å². The van der Waals surface area contributed by atoms with Crippen molar-refractivity contribution in [3.63, 3.8) is 0 Å². The molecule has 0 aliphatic carbocycles. The topological polar surface area (TPSA) is 57.3 Å². The van der Waals surface area contributed by atoms with E-state index < -0.39 is 0 Å². The van der Waals surface area contributed by atoms with Crippen molar-refractivity contribution in [2.45, 2.75) is 18.9 Å². The van der Waals surface area contributed by atoms with Crippen molar-refractivity contribution in [3.05, 3.63) is 16.9 Å². The van der Waals surface area contributed by atoms with Gasteiger partial charge >= 0.3 is 5.76 Å². The van der Waals surface area contributed by atoms with Gasteiger partial charge in [-0.05, 0) is 12.8 Å². The van der Waals surface area contributed by atoms with Crippen molar-refractivity contribution in [2.75, 3.05) is 13.2 Å². The van der Waals surface area contributed by atoms with Crippen molar-refractivity contribution in [2.24, 2.45) is 0 Å². The number of hydrogen-bond donors (Lipinski definition) is 0. The lowest BCUT2D eigenvalue weighted by molar-refractivity contribution is 0.0644. The van der Waals surface area contributed by atoms with Crippen LogP contribution in [0.1, 0.15) is 18.9 Å². The Kier molecular flexibility index (Phi) is 1.95. The maximum atomic E-state index is 11.0. The average molecular weight is 170 g/mol. The average Bonchev–Trinajstić information content (AvgIpc) is 2.53. The van der Waals surface area contributed by atoms with E-state index in [9.17, 15) is 4.79 Å². The minimum absolute atomic E-state index is 0.157. The lowest BCUT2D eigenvalue weighted by atomic mass is 10.1. The Bertz CT molecular complexity index is 298. The van der Waals surface area contributed by atoms with E-state index in [4.69, 9.17) is 4.74 Å². The fraction of sp³-hybridized carbons (Fsp3) is 0.714. The molecule has 0 radical (unpaired) electrons. The van der Waals surface area contributed by atoms with E-state index in [-0.39, 0.29) is 11.8 Å². The first kappa shape index (κ1) is 7.54. The number of rotatable bonds is 1. The molecule has 0 atom stereocenters. The Hall–Kier alpha value is -1.10. The second-order valence-corrected chi connectivity index (χ2v) is 2.79. The number of ether oxygens (including phenoxy) is 1. The fourth-order valence-corrected chi connectivity index (χ4v) is 1.39. The van der Waals surface area contributed by atoms with Gasteiger partial charge in [0, 0.05) is 13.2 Å². The Morgan fingerprint density at radius 3 is 2.83 bits per heavy atom.